The van der Waals surface area contributed by atoms with Crippen molar-refractivity contribution in [2.45, 2.75) is 13.5 Å². The molecule has 2 heterocycles. The van der Waals surface area contributed by atoms with E-state index in [1.165, 1.54) is 12.7 Å². The third kappa shape index (κ3) is 1.79. The molecule has 0 amide bonds. The largest absolute Gasteiger partial charge is 0.465 e. The summed E-state index contributed by atoms with van der Waals surface area (Å²) in [6.07, 6.45) is 2.87. The summed E-state index contributed by atoms with van der Waals surface area (Å²) in [7, 11) is 0. The van der Waals surface area contributed by atoms with Gasteiger partial charge in [-0.15, -0.1) is 0 Å². The molecule has 0 saturated heterocycles. The average molecular weight is 221 g/mol. The predicted octanol–water partition coefficient (Wildman–Crippen LogP) is -0.198. The monoisotopic (exact) mass is 221 g/mol. The Morgan fingerprint density at radius 3 is 3.19 bits per heavy atom. The van der Waals surface area contributed by atoms with Crippen molar-refractivity contribution in [1.82, 2.24) is 19.5 Å². The Balaban J connectivity index is 2.38. The van der Waals surface area contributed by atoms with E-state index in [4.69, 9.17) is 10.1 Å². The Kier molecular flexibility index (Phi) is 2.67. The summed E-state index contributed by atoms with van der Waals surface area (Å²) >= 11 is 0. The zero-order valence-corrected chi connectivity index (χ0v) is 8.73. The number of rotatable bonds is 3. The van der Waals surface area contributed by atoms with Crippen molar-refractivity contribution in [1.29, 1.82) is 5.41 Å². The number of hydrogen-bond donors (Lipinski definition) is 2. The van der Waals surface area contributed by atoms with Crippen LogP contribution in [0.3, 0.4) is 0 Å². The van der Waals surface area contributed by atoms with Gasteiger partial charge in [-0.1, -0.05) is 0 Å². The van der Waals surface area contributed by atoms with Gasteiger partial charge in [0.25, 0.3) is 0 Å². The predicted molar refractivity (Wildman–Crippen MR) is 54.4 cm³/mol. The molecule has 0 fully saturated rings. The molecule has 2 rings (SSSR count). The summed E-state index contributed by atoms with van der Waals surface area (Å²) in [5, 5.41) is 7.53. The van der Waals surface area contributed by atoms with Crippen molar-refractivity contribution >= 4 is 17.1 Å². The lowest BCUT2D eigenvalue weighted by molar-refractivity contribution is -0.143. The smallest absolute Gasteiger partial charge is 0.326 e. The highest BCUT2D eigenvalue weighted by Crippen LogP contribution is 2.02. The third-order valence-electron chi connectivity index (χ3n) is 2.06. The molecule has 0 radical (unpaired) electrons. The minimum absolute atomic E-state index is 0.0441. The molecule has 2 N–H and O–H groups in total. The number of aromatic amines is 1. The normalized spacial score (nSPS) is 10.6. The van der Waals surface area contributed by atoms with Gasteiger partial charge in [-0.2, -0.15) is 0 Å². The number of esters is 1. The molecule has 0 unspecified atom stereocenters. The number of carbonyl (C=O) groups excluding carboxylic acids is 1. The van der Waals surface area contributed by atoms with Crippen molar-refractivity contribution < 1.29 is 9.53 Å². The van der Waals surface area contributed by atoms with E-state index in [-0.39, 0.29) is 18.0 Å². The van der Waals surface area contributed by atoms with Crippen molar-refractivity contribution in [3.05, 3.63) is 18.1 Å². The van der Waals surface area contributed by atoms with Crippen LogP contribution in [0, 0.1) is 5.41 Å². The molecule has 16 heavy (non-hydrogen) atoms. The number of H-pyrrole nitrogens is 1. The molecule has 0 bridgehead atoms. The van der Waals surface area contributed by atoms with E-state index in [1.54, 1.807) is 11.5 Å². The van der Waals surface area contributed by atoms with Gasteiger partial charge in [-0.25, -0.2) is 9.97 Å². The number of nitrogens with zero attached hydrogens (tertiary/aromatic N) is 3. The van der Waals surface area contributed by atoms with Crippen molar-refractivity contribution in [3.8, 4) is 0 Å². The molecule has 0 atom stereocenters. The van der Waals surface area contributed by atoms with E-state index >= 15 is 0 Å². The first-order chi connectivity index (χ1) is 7.72. The summed E-state index contributed by atoms with van der Waals surface area (Å²) in [5.41, 5.74) is 1.13. The SMILES string of the molecule is CCOC(=O)Cn1cnc(=N)c2[nH]cnc21. The van der Waals surface area contributed by atoms with E-state index in [9.17, 15) is 4.79 Å². The van der Waals surface area contributed by atoms with Gasteiger partial charge in [0.15, 0.2) is 11.1 Å². The summed E-state index contributed by atoms with van der Waals surface area (Å²) in [6, 6.07) is 0. The molecule has 2 aromatic rings. The minimum Gasteiger partial charge on any atom is -0.465 e. The van der Waals surface area contributed by atoms with Crippen LogP contribution < -0.4 is 5.49 Å². The van der Waals surface area contributed by atoms with E-state index in [2.05, 4.69) is 15.0 Å². The van der Waals surface area contributed by atoms with Gasteiger partial charge >= 0.3 is 5.97 Å². The van der Waals surface area contributed by atoms with Crippen LogP contribution in [0.4, 0.5) is 0 Å². The molecule has 2 aromatic heterocycles. The standard InChI is InChI=1S/C9H11N5O2/c1-2-16-6(15)3-14-5-13-8(10)7-9(14)12-4-11-7/h4-5,10H,2-3H2,1H3,(H,11,12). The van der Waals surface area contributed by atoms with Crippen LogP contribution in [0.15, 0.2) is 12.7 Å². The van der Waals surface area contributed by atoms with Gasteiger partial charge in [-0.05, 0) is 6.92 Å². The maximum absolute atomic E-state index is 11.3. The van der Waals surface area contributed by atoms with Gasteiger partial charge in [-0.3, -0.25) is 10.2 Å². The van der Waals surface area contributed by atoms with Crippen LogP contribution in [-0.4, -0.2) is 32.1 Å². The first kappa shape index (κ1) is 10.3. The van der Waals surface area contributed by atoms with Crippen LogP contribution in [0.5, 0.6) is 0 Å². The Morgan fingerprint density at radius 1 is 1.62 bits per heavy atom. The average Bonchev–Trinajstić information content (AvgIpc) is 2.72. The van der Waals surface area contributed by atoms with Gasteiger partial charge in [0, 0.05) is 0 Å². The fourth-order valence-electron chi connectivity index (χ4n) is 1.39. The zero-order valence-electron chi connectivity index (χ0n) is 8.73. The molecular weight excluding hydrogens is 210 g/mol. The molecule has 84 valence electrons. The molecule has 7 heteroatoms. The summed E-state index contributed by atoms with van der Waals surface area (Å²) in [4.78, 5) is 22.0. The lowest BCUT2D eigenvalue weighted by atomic mass is 10.5. The maximum atomic E-state index is 11.3. The van der Waals surface area contributed by atoms with Gasteiger partial charge in [0.2, 0.25) is 0 Å². The van der Waals surface area contributed by atoms with Gasteiger partial charge in [0.05, 0.1) is 19.3 Å². The summed E-state index contributed by atoms with van der Waals surface area (Å²) in [6.45, 7) is 2.13. The second kappa shape index (κ2) is 4.13. The molecule has 0 aliphatic heterocycles. The summed E-state index contributed by atoms with van der Waals surface area (Å²) < 4.78 is 6.37. The highest BCUT2D eigenvalue weighted by atomic mass is 16.5. The molecule has 0 aromatic carbocycles. The fourth-order valence-corrected chi connectivity index (χ4v) is 1.39. The first-order valence-corrected chi connectivity index (χ1v) is 4.81. The van der Waals surface area contributed by atoms with Crippen LogP contribution in [-0.2, 0) is 16.1 Å². The number of fused-ring (bicyclic) bond motifs is 1. The van der Waals surface area contributed by atoms with E-state index < -0.39 is 0 Å². The Hall–Kier alpha value is -2.18. The maximum Gasteiger partial charge on any atom is 0.326 e. The number of nitrogens with one attached hydrogen (secondary N) is 2. The van der Waals surface area contributed by atoms with E-state index in [0.717, 1.165) is 0 Å². The van der Waals surface area contributed by atoms with Crippen molar-refractivity contribution in [2.75, 3.05) is 6.61 Å². The van der Waals surface area contributed by atoms with Crippen LogP contribution in [0.2, 0.25) is 0 Å². The minimum atomic E-state index is -0.351. The first-order valence-electron chi connectivity index (χ1n) is 4.81. The molecule has 0 saturated carbocycles. The number of aromatic nitrogens is 4. The number of imidazole rings is 1. The Morgan fingerprint density at radius 2 is 2.44 bits per heavy atom. The molecule has 0 spiro atoms. The highest BCUT2D eigenvalue weighted by Gasteiger charge is 2.08. The lowest BCUT2D eigenvalue weighted by Gasteiger charge is -2.05. The zero-order chi connectivity index (χ0) is 11.5. The van der Waals surface area contributed by atoms with Crippen molar-refractivity contribution in [2.24, 2.45) is 0 Å². The number of ether oxygens (including phenoxy) is 1. The molecule has 0 aliphatic rings. The quantitative estimate of drug-likeness (QED) is 0.701. The lowest BCUT2D eigenvalue weighted by Crippen LogP contribution is -2.18. The van der Waals surface area contributed by atoms with Gasteiger partial charge in [0.1, 0.15) is 12.1 Å². The summed E-state index contributed by atoms with van der Waals surface area (Å²) in [5.74, 6) is -0.351. The second-order valence-electron chi connectivity index (χ2n) is 3.13. The van der Waals surface area contributed by atoms with E-state index in [1.807, 2.05) is 0 Å². The van der Waals surface area contributed by atoms with Crippen molar-refractivity contribution in [3.63, 3.8) is 0 Å². The van der Waals surface area contributed by atoms with Crippen LogP contribution >= 0.6 is 0 Å². The van der Waals surface area contributed by atoms with Gasteiger partial charge < -0.3 is 14.3 Å². The fraction of sp³-hybridized carbons (Fsp3) is 0.333. The number of hydrogen-bond acceptors (Lipinski definition) is 5. The second-order valence-corrected chi connectivity index (χ2v) is 3.13. The van der Waals surface area contributed by atoms with Crippen LogP contribution in [0.25, 0.3) is 11.2 Å². The third-order valence-corrected chi connectivity index (χ3v) is 2.06. The molecule has 7 nitrogen and oxygen atoms in total. The van der Waals surface area contributed by atoms with Crippen LogP contribution in [0.1, 0.15) is 6.92 Å². The van der Waals surface area contributed by atoms with E-state index in [0.29, 0.717) is 17.8 Å². The molecular formula is C9H11N5O2. The highest BCUT2D eigenvalue weighted by molar-refractivity contribution is 5.73. The Labute approximate surface area is 90.6 Å². The topological polar surface area (TPSA) is 96.6 Å². The Bertz CT molecular complexity index is 571. The molecule has 0 aliphatic carbocycles. The number of carbonyl (C=O) groups is 1.